The van der Waals surface area contributed by atoms with E-state index in [1.807, 2.05) is 0 Å². The zero-order valence-corrected chi connectivity index (χ0v) is 11.9. The monoisotopic (exact) mass is 307 g/mol. The van der Waals surface area contributed by atoms with Crippen LogP contribution in [0.15, 0.2) is 24.3 Å². The van der Waals surface area contributed by atoms with Gasteiger partial charge in [-0.2, -0.15) is 0 Å². The summed E-state index contributed by atoms with van der Waals surface area (Å²) in [6.45, 7) is 3.17. The maximum Gasteiger partial charge on any atom is 0.573 e. The molecule has 0 aromatic heterocycles. The molecule has 21 heavy (non-hydrogen) atoms. The molecule has 0 aliphatic carbocycles. The molecule has 7 heteroatoms. The van der Waals surface area contributed by atoms with Crippen molar-refractivity contribution >= 4 is 0 Å². The summed E-state index contributed by atoms with van der Waals surface area (Å²) >= 11 is 0. The summed E-state index contributed by atoms with van der Waals surface area (Å²) in [5.74, 6) is -0.210. The van der Waals surface area contributed by atoms with Gasteiger partial charge in [0.15, 0.2) is 0 Å². The Bertz CT molecular complexity index is 382. The predicted molar refractivity (Wildman–Crippen MR) is 72.1 cm³/mol. The predicted octanol–water partition coefficient (Wildman–Crippen LogP) is 2.73. The van der Waals surface area contributed by atoms with Gasteiger partial charge in [-0.25, -0.2) is 0 Å². The third-order valence-corrected chi connectivity index (χ3v) is 2.56. The summed E-state index contributed by atoms with van der Waals surface area (Å²) in [6.07, 6.45) is -3.79. The Hall–Kier alpha value is -1.31. The van der Waals surface area contributed by atoms with E-state index >= 15 is 0 Å². The lowest BCUT2D eigenvalue weighted by atomic mass is 10.2. The van der Waals surface area contributed by atoms with Crippen molar-refractivity contribution in [2.75, 3.05) is 33.5 Å². The average Bonchev–Trinajstić information content (AvgIpc) is 2.42. The smallest absolute Gasteiger partial charge is 0.406 e. The summed E-state index contributed by atoms with van der Waals surface area (Å²) < 4.78 is 49.9. The fourth-order valence-electron chi connectivity index (χ4n) is 1.59. The normalized spacial score (nSPS) is 11.6. The minimum absolute atomic E-state index is 0.210. The quantitative estimate of drug-likeness (QED) is 0.675. The number of hydrogen-bond acceptors (Lipinski definition) is 4. The van der Waals surface area contributed by atoms with Crippen LogP contribution >= 0.6 is 0 Å². The molecule has 1 rings (SSSR count). The molecule has 0 saturated carbocycles. The van der Waals surface area contributed by atoms with E-state index in [-0.39, 0.29) is 5.75 Å². The first kappa shape index (κ1) is 17.7. The van der Waals surface area contributed by atoms with Crippen LogP contribution in [0.1, 0.15) is 12.0 Å². The third kappa shape index (κ3) is 9.28. The maximum absolute atomic E-state index is 12.0. The van der Waals surface area contributed by atoms with E-state index in [2.05, 4.69) is 10.1 Å². The molecular weight excluding hydrogens is 287 g/mol. The lowest BCUT2D eigenvalue weighted by Gasteiger charge is -2.10. The molecule has 0 heterocycles. The molecule has 1 N–H and O–H groups in total. The van der Waals surface area contributed by atoms with Gasteiger partial charge in [0.25, 0.3) is 0 Å². The Kier molecular flexibility index (Phi) is 8.11. The molecule has 0 amide bonds. The number of ether oxygens (including phenoxy) is 3. The topological polar surface area (TPSA) is 39.7 Å². The highest BCUT2D eigenvalue weighted by atomic mass is 19.4. The minimum atomic E-state index is -4.65. The van der Waals surface area contributed by atoms with E-state index in [1.165, 1.54) is 12.1 Å². The first-order valence-electron chi connectivity index (χ1n) is 6.63. The van der Waals surface area contributed by atoms with Crippen molar-refractivity contribution in [1.82, 2.24) is 5.32 Å². The van der Waals surface area contributed by atoms with Crippen LogP contribution in [0, 0.1) is 0 Å². The Morgan fingerprint density at radius 2 is 1.76 bits per heavy atom. The molecular formula is C14H20F3NO3. The van der Waals surface area contributed by atoms with Crippen LogP contribution in [0.5, 0.6) is 5.75 Å². The van der Waals surface area contributed by atoms with Crippen molar-refractivity contribution in [3.05, 3.63) is 29.8 Å². The molecule has 0 radical (unpaired) electrons. The van der Waals surface area contributed by atoms with Gasteiger partial charge >= 0.3 is 6.36 Å². The molecule has 1 aromatic rings. The van der Waals surface area contributed by atoms with Gasteiger partial charge in [-0.15, -0.1) is 13.2 Å². The second-order valence-corrected chi connectivity index (χ2v) is 4.33. The van der Waals surface area contributed by atoms with E-state index in [1.54, 1.807) is 19.2 Å². The Labute approximate surface area is 122 Å². The van der Waals surface area contributed by atoms with E-state index in [0.29, 0.717) is 26.4 Å². The number of methoxy groups -OCH3 is 1. The molecule has 0 unspecified atom stereocenters. The first-order chi connectivity index (χ1) is 10.0. The Balaban J connectivity index is 2.13. The van der Waals surface area contributed by atoms with Crippen LogP contribution in [0.3, 0.4) is 0 Å². The number of nitrogens with one attached hydrogen (secondary N) is 1. The summed E-state index contributed by atoms with van der Waals surface area (Å²) in [4.78, 5) is 0. The van der Waals surface area contributed by atoms with Crippen LogP contribution in [-0.2, 0) is 16.0 Å². The van der Waals surface area contributed by atoms with Crippen LogP contribution < -0.4 is 10.1 Å². The zero-order chi connectivity index (χ0) is 15.6. The molecule has 4 nitrogen and oxygen atoms in total. The third-order valence-electron chi connectivity index (χ3n) is 2.56. The van der Waals surface area contributed by atoms with Gasteiger partial charge in [0, 0.05) is 20.3 Å². The SMILES string of the molecule is COCCOCCCNCc1ccc(OC(F)(F)F)cc1. The molecule has 120 valence electrons. The van der Waals surface area contributed by atoms with E-state index in [0.717, 1.165) is 18.5 Å². The van der Waals surface area contributed by atoms with E-state index < -0.39 is 6.36 Å². The molecule has 1 aromatic carbocycles. The number of alkyl halides is 3. The van der Waals surface area contributed by atoms with Crippen molar-refractivity contribution in [3.63, 3.8) is 0 Å². The summed E-state index contributed by atoms with van der Waals surface area (Å²) in [7, 11) is 1.62. The number of benzene rings is 1. The second-order valence-electron chi connectivity index (χ2n) is 4.33. The van der Waals surface area contributed by atoms with Crippen molar-refractivity contribution in [1.29, 1.82) is 0 Å². The van der Waals surface area contributed by atoms with Gasteiger partial charge in [0.05, 0.1) is 13.2 Å². The van der Waals surface area contributed by atoms with Gasteiger partial charge in [-0.3, -0.25) is 0 Å². The molecule has 0 saturated heterocycles. The highest BCUT2D eigenvalue weighted by Crippen LogP contribution is 2.22. The van der Waals surface area contributed by atoms with Gasteiger partial charge in [0.2, 0.25) is 0 Å². The van der Waals surface area contributed by atoms with Gasteiger partial charge in [-0.05, 0) is 30.7 Å². The van der Waals surface area contributed by atoms with Gasteiger partial charge in [-0.1, -0.05) is 12.1 Å². The molecule has 0 fully saturated rings. The lowest BCUT2D eigenvalue weighted by Crippen LogP contribution is -2.18. The van der Waals surface area contributed by atoms with Gasteiger partial charge < -0.3 is 19.5 Å². The first-order valence-corrected chi connectivity index (χ1v) is 6.63. The van der Waals surface area contributed by atoms with Crippen molar-refractivity contribution in [2.24, 2.45) is 0 Å². The molecule has 0 bridgehead atoms. The summed E-state index contributed by atoms with van der Waals surface area (Å²) in [5.41, 5.74) is 0.893. The Morgan fingerprint density at radius 1 is 1.05 bits per heavy atom. The van der Waals surface area contributed by atoms with Gasteiger partial charge in [0.1, 0.15) is 5.75 Å². The van der Waals surface area contributed by atoms with Crippen LogP contribution in [0.2, 0.25) is 0 Å². The van der Waals surface area contributed by atoms with E-state index in [4.69, 9.17) is 9.47 Å². The number of hydrogen-bond donors (Lipinski definition) is 1. The summed E-state index contributed by atoms with van der Waals surface area (Å²) in [6, 6.07) is 5.81. The average molecular weight is 307 g/mol. The fourth-order valence-corrected chi connectivity index (χ4v) is 1.59. The Morgan fingerprint density at radius 3 is 2.38 bits per heavy atom. The minimum Gasteiger partial charge on any atom is -0.406 e. The zero-order valence-electron chi connectivity index (χ0n) is 11.9. The molecule has 0 aliphatic rings. The largest absolute Gasteiger partial charge is 0.573 e. The second kappa shape index (κ2) is 9.59. The van der Waals surface area contributed by atoms with Crippen molar-refractivity contribution < 1.29 is 27.4 Å². The number of rotatable bonds is 10. The van der Waals surface area contributed by atoms with Crippen LogP contribution in [0.25, 0.3) is 0 Å². The van der Waals surface area contributed by atoms with Crippen LogP contribution in [-0.4, -0.2) is 39.8 Å². The summed E-state index contributed by atoms with van der Waals surface area (Å²) in [5, 5.41) is 3.19. The van der Waals surface area contributed by atoms with Crippen molar-refractivity contribution in [2.45, 2.75) is 19.3 Å². The van der Waals surface area contributed by atoms with Crippen molar-refractivity contribution in [3.8, 4) is 5.75 Å². The van der Waals surface area contributed by atoms with E-state index in [9.17, 15) is 13.2 Å². The standard InChI is InChI=1S/C14H20F3NO3/c1-19-9-10-20-8-2-7-18-11-12-3-5-13(6-4-12)21-14(15,16)17/h3-6,18H,2,7-11H2,1H3. The van der Waals surface area contributed by atoms with Crippen LogP contribution in [0.4, 0.5) is 13.2 Å². The highest BCUT2D eigenvalue weighted by molar-refractivity contribution is 5.27. The fraction of sp³-hybridized carbons (Fsp3) is 0.571. The molecule has 0 aliphatic heterocycles. The molecule has 0 atom stereocenters. The molecule has 0 spiro atoms. The maximum atomic E-state index is 12.0. The lowest BCUT2D eigenvalue weighted by molar-refractivity contribution is -0.274. The highest BCUT2D eigenvalue weighted by Gasteiger charge is 2.30. The number of halogens is 3.